The smallest absolute Gasteiger partial charge is 0.358 e. The van der Waals surface area contributed by atoms with Crippen molar-refractivity contribution in [2.45, 2.75) is 12.5 Å². The second kappa shape index (κ2) is 4.61. The highest BCUT2D eigenvalue weighted by atomic mass is 16.4. The van der Waals surface area contributed by atoms with E-state index in [-0.39, 0.29) is 17.5 Å². The van der Waals surface area contributed by atoms with Gasteiger partial charge in [0.2, 0.25) is 0 Å². The van der Waals surface area contributed by atoms with Crippen LogP contribution in [0.5, 0.6) is 5.75 Å². The molecule has 0 spiro atoms. The summed E-state index contributed by atoms with van der Waals surface area (Å²) < 4.78 is 0. The number of pyridine rings is 2. The molecule has 2 aromatic heterocycles. The number of nitrogens with zero attached hydrogens (tertiary/aromatic N) is 3. The summed E-state index contributed by atoms with van der Waals surface area (Å²) in [5, 5.41) is 28.7. The van der Waals surface area contributed by atoms with Gasteiger partial charge in [0.1, 0.15) is 5.82 Å². The Morgan fingerprint density at radius 1 is 1.40 bits per heavy atom. The molecule has 0 bridgehead atoms. The Morgan fingerprint density at radius 3 is 2.85 bits per heavy atom. The molecule has 1 aliphatic heterocycles. The summed E-state index contributed by atoms with van der Waals surface area (Å²) in [5.74, 6) is -0.982. The molecule has 3 rings (SSSR count). The predicted octanol–water partition coefficient (Wildman–Crippen LogP) is 0.605. The Morgan fingerprint density at radius 2 is 2.20 bits per heavy atom. The minimum atomic E-state index is -1.28. The molecule has 1 saturated heterocycles. The molecule has 0 amide bonds. The average molecular weight is 275 g/mol. The highest BCUT2D eigenvalue weighted by Crippen LogP contribution is 2.28. The Labute approximate surface area is 114 Å². The fourth-order valence-electron chi connectivity index (χ4n) is 2.36. The van der Waals surface area contributed by atoms with Crippen LogP contribution in [0.2, 0.25) is 0 Å². The van der Waals surface area contributed by atoms with Crippen LogP contribution in [-0.4, -0.2) is 50.5 Å². The van der Waals surface area contributed by atoms with Crippen molar-refractivity contribution in [3.05, 3.63) is 24.0 Å². The Kier molecular flexibility index (Phi) is 2.90. The van der Waals surface area contributed by atoms with Crippen molar-refractivity contribution in [2.75, 3.05) is 18.0 Å². The molecule has 1 unspecified atom stereocenters. The summed E-state index contributed by atoms with van der Waals surface area (Å²) >= 11 is 0. The second-order valence-electron chi connectivity index (χ2n) is 4.75. The van der Waals surface area contributed by atoms with Gasteiger partial charge in [-0.15, -0.1) is 0 Å². The molecule has 7 nitrogen and oxygen atoms in total. The molecule has 1 fully saturated rings. The van der Waals surface area contributed by atoms with E-state index in [0.29, 0.717) is 36.2 Å². The minimum absolute atomic E-state index is 0.348. The molecule has 1 aliphatic rings. The molecule has 0 radical (unpaired) electrons. The molecule has 0 aliphatic carbocycles. The fourth-order valence-corrected chi connectivity index (χ4v) is 2.36. The lowest BCUT2D eigenvalue weighted by Gasteiger charge is -2.17. The Hall–Kier alpha value is -2.41. The topological polar surface area (TPSA) is 107 Å². The van der Waals surface area contributed by atoms with Gasteiger partial charge in [0.05, 0.1) is 17.8 Å². The first-order valence-electron chi connectivity index (χ1n) is 6.21. The third-order valence-corrected chi connectivity index (χ3v) is 3.40. The van der Waals surface area contributed by atoms with Gasteiger partial charge in [-0.25, -0.2) is 14.8 Å². The highest BCUT2D eigenvalue weighted by molar-refractivity contribution is 5.97. The lowest BCUT2D eigenvalue weighted by Crippen LogP contribution is -2.22. The summed E-state index contributed by atoms with van der Waals surface area (Å²) in [6.45, 7) is 1.23. The van der Waals surface area contributed by atoms with Crippen LogP contribution in [0.1, 0.15) is 16.9 Å². The van der Waals surface area contributed by atoms with Gasteiger partial charge in [-0.2, -0.15) is 0 Å². The normalized spacial score (nSPS) is 18.6. The van der Waals surface area contributed by atoms with Crippen LogP contribution in [0.4, 0.5) is 5.82 Å². The van der Waals surface area contributed by atoms with Gasteiger partial charge in [-0.05, 0) is 18.6 Å². The van der Waals surface area contributed by atoms with Crippen LogP contribution in [0, 0.1) is 0 Å². The number of hydrogen-bond donors (Lipinski definition) is 3. The van der Waals surface area contributed by atoms with Crippen LogP contribution in [0.3, 0.4) is 0 Å². The molecule has 3 heterocycles. The number of aromatic hydroxyl groups is 1. The number of aliphatic hydroxyl groups is 1. The fraction of sp³-hybridized carbons (Fsp3) is 0.308. The molecule has 2 aromatic rings. The van der Waals surface area contributed by atoms with E-state index < -0.39 is 5.97 Å². The van der Waals surface area contributed by atoms with E-state index in [9.17, 15) is 15.0 Å². The third-order valence-electron chi connectivity index (χ3n) is 3.40. The molecular weight excluding hydrogens is 262 g/mol. The molecular formula is C13H13N3O4. The standard InChI is InChI=1S/C13H13N3O4/c17-7-3-4-16(6-7)10-2-1-8-9(15-10)5-14-11(12(8)18)13(19)20/h1-2,5,7,17-18H,3-4,6H2,(H,19,20). The van der Waals surface area contributed by atoms with E-state index in [2.05, 4.69) is 9.97 Å². The van der Waals surface area contributed by atoms with Gasteiger partial charge in [0.25, 0.3) is 0 Å². The van der Waals surface area contributed by atoms with Crippen molar-refractivity contribution >= 4 is 22.7 Å². The van der Waals surface area contributed by atoms with Crippen molar-refractivity contribution in [2.24, 2.45) is 0 Å². The lowest BCUT2D eigenvalue weighted by molar-refractivity contribution is 0.0687. The van der Waals surface area contributed by atoms with Gasteiger partial charge in [-0.1, -0.05) is 0 Å². The molecule has 3 N–H and O–H groups in total. The Bertz CT molecular complexity index is 689. The van der Waals surface area contributed by atoms with Crippen LogP contribution in [-0.2, 0) is 0 Å². The van der Waals surface area contributed by atoms with Crippen molar-refractivity contribution in [3.63, 3.8) is 0 Å². The second-order valence-corrected chi connectivity index (χ2v) is 4.75. The van der Waals surface area contributed by atoms with Crippen LogP contribution >= 0.6 is 0 Å². The molecule has 20 heavy (non-hydrogen) atoms. The summed E-state index contributed by atoms with van der Waals surface area (Å²) in [6, 6.07) is 3.32. The zero-order valence-corrected chi connectivity index (χ0v) is 10.5. The van der Waals surface area contributed by atoms with Crippen molar-refractivity contribution in [1.82, 2.24) is 9.97 Å². The summed E-state index contributed by atoms with van der Waals surface area (Å²) in [4.78, 5) is 20.9. The number of anilines is 1. The van der Waals surface area contributed by atoms with Gasteiger partial charge in [0.15, 0.2) is 11.4 Å². The van der Waals surface area contributed by atoms with E-state index in [0.717, 1.165) is 0 Å². The zero-order chi connectivity index (χ0) is 14.3. The molecule has 7 heteroatoms. The Balaban J connectivity index is 2.04. The van der Waals surface area contributed by atoms with E-state index in [1.165, 1.54) is 6.20 Å². The summed E-state index contributed by atoms with van der Waals surface area (Å²) in [7, 11) is 0. The number of β-amino-alcohol motifs (C(OH)–C–C–N with tert-alkyl or cyclic N) is 1. The van der Waals surface area contributed by atoms with Gasteiger partial charge < -0.3 is 20.2 Å². The predicted molar refractivity (Wildman–Crippen MR) is 71.0 cm³/mol. The largest absolute Gasteiger partial charge is 0.505 e. The maximum Gasteiger partial charge on any atom is 0.358 e. The van der Waals surface area contributed by atoms with Crippen LogP contribution in [0.25, 0.3) is 10.9 Å². The summed E-state index contributed by atoms with van der Waals surface area (Å²) in [6.07, 6.45) is 1.67. The van der Waals surface area contributed by atoms with E-state index in [4.69, 9.17) is 5.11 Å². The third kappa shape index (κ3) is 2.01. The molecule has 0 saturated carbocycles. The summed E-state index contributed by atoms with van der Waals surface area (Å²) in [5.41, 5.74) is 0.0371. The van der Waals surface area contributed by atoms with Crippen LogP contribution < -0.4 is 4.90 Å². The first-order chi connectivity index (χ1) is 9.56. The first-order valence-corrected chi connectivity index (χ1v) is 6.21. The maximum atomic E-state index is 10.9. The van der Waals surface area contributed by atoms with Crippen molar-refractivity contribution in [1.29, 1.82) is 0 Å². The lowest BCUT2D eigenvalue weighted by atomic mass is 10.2. The number of fused-ring (bicyclic) bond motifs is 1. The number of aromatic carboxylic acids is 1. The van der Waals surface area contributed by atoms with E-state index >= 15 is 0 Å². The van der Waals surface area contributed by atoms with Gasteiger partial charge >= 0.3 is 5.97 Å². The minimum Gasteiger partial charge on any atom is -0.505 e. The average Bonchev–Trinajstić information content (AvgIpc) is 2.85. The first kappa shape index (κ1) is 12.6. The number of aliphatic hydroxyl groups excluding tert-OH is 1. The van der Waals surface area contributed by atoms with Crippen LogP contribution in [0.15, 0.2) is 18.3 Å². The number of aromatic nitrogens is 2. The highest BCUT2D eigenvalue weighted by Gasteiger charge is 2.22. The molecule has 0 aromatic carbocycles. The monoisotopic (exact) mass is 275 g/mol. The van der Waals surface area contributed by atoms with Gasteiger partial charge in [0, 0.05) is 18.5 Å². The van der Waals surface area contributed by atoms with E-state index in [1.807, 2.05) is 4.90 Å². The number of carbonyl (C=O) groups is 1. The molecule has 104 valence electrons. The maximum absolute atomic E-state index is 10.9. The van der Waals surface area contributed by atoms with E-state index in [1.54, 1.807) is 12.1 Å². The number of hydrogen-bond acceptors (Lipinski definition) is 6. The number of carboxylic acids is 1. The zero-order valence-electron chi connectivity index (χ0n) is 10.5. The number of carboxylic acid groups (broad SMARTS) is 1. The molecule has 1 atom stereocenters. The van der Waals surface area contributed by atoms with Crippen molar-refractivity contribution < 1.29 is 20.1 Å². The quantitative estimate of drug-likeness (QED) is 0.736. The number of rotatable bonds is 2. The van der Waals surface area contributed by atoms with Crippen molar-refractivity contribution in [3.8, 4) is 5.75 Å². The van der Waals surface area contributed by atoms with Gasteiger partial charge in [-0.3, -0.25) is 0 Å². The SMILES string of the molecule is O=C(O)c1ncc2nc(N3CCC(O)C3)ccc2c1O.